The van der Waals surface area contributed by atoms with Gasteiger partial charge in [0.1, 0.15) is 10.6 Å². The van der Waals surface area contributed by atoms with Gasteiger partial charge < -0.3 is 10.1 Å². The average Bonchev–Trinajstić information content (AvgIpc) is 3.27. The summed E-state index contributed by atoms with van der Waals surface area (Å²) < 4.78 is 38.9. The molecule has 0 unspecified atom stereocenters. The normalized spacial score (nSPS) is 11.6. The van der Waals surface area contributed by atoms with Crippen LogP contribution in [0, 0.1) is 6.92 Å². The number of carbonyl (C=O) groups excluding carboxylic acids is 1. The number of methoxy groups -OCH3 is 1. The predicted molar refractivity (Wildman–Crippen MR) is 130 cm³/mol. The lowest BCUT2D eigenvalue weighted by Crippen LogP contribution is -2.37. The van der Waals surface area contributed by atoms with Crippen molar-refractivity contribution in [1.82, 2.24) is 8.68 Å². The van der Waals surface area contributed by atoms with E-state index in [1.807, 2.05) is 49.4 Å². The van der Waals surface area contributed by atoms with E-state index in [2.05, 4.69) is 9.69 Å². The number of anilines is 1. The molecule has 4 aromatic rings. The van der Waals surface area contributed by atoms with Crippen LogP contribution in [0.25, 0.3) is 10.1 Å². The monoisotopic (exact) mass is 481 g/mol. The molecule has 4 rings (SSSR count). The molecule has 9 heteroatoms. The Labute approximate surface area is 196 Å². The van der Waals surface area contributed by atoms with E-state index < -0.39 is 15.9 Å². The molecular weight excluding hydrogens is 458 g/mol. The molecule has 0 saturated carbocycles. The third kappa shape index (κ3) is 5.22. The zero-order valence-electron chi connectivity index (χ0n) is 18.2. The topological polar surface area (TPSA) is 88.6 Å². The lowest BCUT2D eigenvalue weighted by Gasteiger charge is -2.23. The van der Waals surface area contributed by atoms with E-state index in [0.29, 0.717) is 5.69 Å². The highest BCUT2D eigenvalue weighted by molar-refractivity contribution is 7.89. The summed E-state index contributed by atoms with van der Waals surface area (Å²) >= 11 is 1.37. The number of benzene rings is 3. The van der Waals surface area contributed by atoms with Crippen LogP contribution in [0.4, 0.5) is 5.69 Å². The number of rotatable bonds is 8. The molecule has 1 heterocycles. The molecule has 0 saturated heterocycles. The van der Waals surface area contributed by atoms with Gasteiger partial charge in [-0.05, 0) is 59.9 Å². The summed E-state index contributed by atoms with van der Waals surface area (Å²) in [6.45, 7) is 1.50. The molecule has 1 aromatic heterocycles. The van der Waals surface area contributed by atoms with Gasteiger partial charge in [0.2, 0.25) is 15.9 Å². The van der Waals surface area contributed by atoms with Crippen LogP contribution in [0.15, 0.2) is 77.8 Å². The summed E-state index contributed by atoms with van der Waals surface area (Å²) in [6.07, 6.45) is 1.73. The average molecular weight is 482 g/mol. The molecule has 1 N–H and O–H groups in total. The Kier molecular flexibility index (Phi) is 6.73. The van der Waals surface area contributed by atoms with Crippen LogP contribution in [-0.4, -0.2) is 36.7 Å². The highest BCUT2D eigenvalue weighted by Gasteiger charge is 2.30. The fourth-order valence-electron chi connectivity index (χ4n) is 3.45. The summed E-state index contributed by atoms with van der Waals surface area (Å²) in [4.78, 5) is 13.0. The number of aryl methyl sites for hydroxylation is 1. The van der Waals surface area contributed by atoms with Crippen LogP contribution < -0.4 is 10.1 Å². The van der Waals surface area contributed by atoms with Gasteiger partial charge in [-0.1, -0.05) is 36.4 Å². The molecule has 1 amide bonds. The molecule has 0 aliphatic carbocycles. The van der Waals surface area contributed by atoms with Crippen molar-refractivity contribution < 1.29 is 17.9 Å². The highest BCUT2D eigenvalue weighted by Crippen LogP contribution is 2.29. The zero-order chi connectivity index (χ0) is 23.4. The Bertz CT molecular complexity index is 1390. The Morgan fingerprint density at radius 2 is 1.88 bits per heavy atom. The number of nitrogens with one attached hydrogen (secondary N) is 1. The largest absolute Gasteiger partial charge is 0.495 e. The highest BCUT2D eigenvalue weighted by atomic mass is 32.2. The molecule has 33 heavy (non-hydrogen) atoms. The van der Waals surface area contributed by atoms with E-state index in [1.165, 1.54) is 22.9 Å². The standard InChI is InChI=1S/C24H23N3O4S2/c1-17-8-10-21(31-2)23(12-17)33(29,30)27(15-18-6-4-3-5-7-18)16-24(28)26-20-9-11-22-19(13-20)14-25-32-22/h3-14H,15-16H2,1-2H3,(H,26,28). The van der Waals surface area contributed by atoms with Crippen molar-refractivity contribution in [3.8, 4) is 5.75 Å². The second kappa shape index (κ2) is 9.70. The second-order valence-corrected chi connectivity index (χ2v) is 10.3. The number of aromatic nitrogens is 1. The van der Waals surface area contributed by atoms with E-state index >= 15 is 0 Å². The second-order valence-electron chi connectivity index (χ2n) is 7.54. The Hall–Kier alpha value is -3.27. The Balaban J connectivity index is 1.64. The van der Waals surface area contributed by atoms with Gasteiger partial charge in [-0.15, -0.1) is 0 Å². The maximum absolute atomic E-state index is 13.7. The van der Waals surface area contributed by atoms with Crippen LogP contribution in [-0.2, 0) is 21.4 Å². The van der Waals surface area contributed by atoms with Crippen LogP contribution >= 0.6 is 11.5 Å². The van der Waals surface area contributed by atoms with Crippen molar-refractivity contribution in [1.29, 1.82) is 0 Å². The number of hydrogen-bond donors (Lipinski definition) is 1. The van der Waals surface area contributed by atoms with Gasteiger partial charge in [-0.2, -0.15) is 8.68 Å². The first-order chi connectivity index (χ1) is 15.9. The van der Waals surface area contributed by atoms with E-state index in [9.17, 15) is 13.2 Å². The maximum Gasteiger partial charge on any atom is 0.247 e. The number of nitrogens with zero attached hydrogens (tertiary/aromatic N) is 2. The van der Waals surface area contributed by atoms with Crippen molar-refractivity contribution >= 4 is 43.2 Å². The third-order valence-electron chi connectivity index (χ3n) is 5.10. The van der Waals surface area contributed by atoms with E-state index in [0.717, 1.165) is 21.2 Å². The van der Waals surface area contributed by atoms with Gasteiger partial charge in [0.05, 0.1) is 18.4 Å². The van der Waals surface area contributed by atoms with Gasteiger partial charge in [0, 0.05) is 23.8 Å². The first kappa shape index (κ1) is 22.9. The molecule has 3 aromatic carbocycles. The minimum atomic E-state index is -4.04. The van der Waals surface area contributed by atoms with Crippen molar-refractivity contribution in [3.05, 3.63) is 84.1 Å². The predicted octanol–water partition coefficient (Wildman–Crippen LogP) is 4.44. The molecular formula is C24H23N3O4S2. The number of fused-ring (bicyclic) bond motifs is 1. The summed E-state index contributed by atoms with van der Waals surface area (Å²) in [6, 6.07) is 19.6. The SMILES string of the molecule is COc1ccc(C)cc1S(=O)(=O)N(CC(=O)Nc1ccc2sncc2c1)Cc1ccccc1. The van der Waals surface area contributed by atoms with E-state index in [4.69, 9.17) is 4.74 Å². The first-order valence-electron chi connectivity index (χ1n) is 10.2. The molecule has 0 atom stereocenters. The maximum atomic E-state index is 13.7. The van der Waals surface area contributed by atoms with Crippen LogP contribution in [0.1, 0.15) is 11.1 Å². The summed E-state index contributed by atoms with van der Waals surface area (Å²) in [7, 11) is -2.61. The van der Waals surface area contributed by atoms with Gasteiger partial charge in [-0.3, -0.25) is 4.79 Å². The number of sulfonamides is 1. The zero-order valence-corrected chi connectivity index (χ0v) is 19.8. The fraction of sp³-hybridized carbons (Fsp3) is 0.167. The van der Waals surface area contributed by atoms with Gasteiger partial charge in [0.15, 0.2) is 0 Å². The minimum Gasteiger partial charge on any atom is -0.495 e. The number of amides is 1. The van der Waals surface area contributed by atoms with Crippen molar-refractivity contribution in [2.75, 3.05) is 19.0 Å². The Morgan fingerprint density at radius 3 is 2.64 bits per heavy atom. The molecule has 0 radical (unpaired) electrons. The molecule has 7 nitrogen and oxygen atoms in total. The fourth-order valence-corrected chi connectivity index (χ4v) is 5.70. The van der Waals surface area contributed by atoms with E-state index in [-0.39, 0.29) is 23.7 Å². The molecule has 0 fully saturated rings. The minimum absolute atomic E-state index is 0.0273. The smallest absolute Gasteiger partial charge is 0.247 e. The molecule has 0 aliphatic rings. The number of carbonyl (C=O) groups is 1. The van der Waals surface area contributed by atoms with Crippen molar-refractivity contribution in [2.24, 2.45) is 0 Å². The van der Waals surface area contributed by atoms with Crippen molar-refractivity contribution in [3.63, 3.8) is 0 Å². The lowest BCUT2D eigenvalue weighted by molar-refractivity contribution is -0.116. The van der Waals surface area contributed by atoms with Crippen LogP contribution in [0.2, 0.25) is 0 Å². The van der Waals surface area contributed by atoms with Gasteiger partial charge >= 0.3 is 0 Å². The number of ether oxygens (including phenoxy) is 1. The molecule has 0 aliphatic heterocycles. The van der Waals surface area contributed by atoms with E-state index in [1.54, 1.807) is 30.5 Å². The molecule has 0 bridgehead atoms. The first-order valence-corrected chi connectivity index (χ1v) is 12.4. The van der Waals surface area contributed by atoms with Crippen LogP contribution in [0.5, 0.6) is 5.75 Å². The van der Waals surface area contributed by atoms with Gasteiger partial charge in [-0.25, -0.2) is 8.42 Å². The van der Waals surface area contributed by atoms with Crippen molar-refractivity contribution in [2.45, 2.75) is 18.4 Å². The number of hydrogen-bond acceptors (Lipinski definition) is 6. The summed E-state index contributed by atoms with van der Waals surface area (Å²) in [5.41, 5.74) is 2.13. The molecule has 0 spiro atoms. The molecule has 170 valence electrons. The third-order valence-corrected chi connectivity index (χ3v) is 7.69. The Morgan fingerprint density at radius 1 is 1.09 bits per heavy atom. The summed E-state index contributed by atoms with van der Waals surface area (Å²) in [5, 5.41) is 3.72. The lowest BCUT2D eigenvalue weighted by atomic mass is 10.2. The van der Waals surface area contributed by atoms with Gasteiger partial charge in [0.25, 0.3) is 0 Å². The summed E-state index contributed by atoms with van der Waals surface area (Å²) in [5.74, 6) is -0.210. The quantitative estimate of drug-likeness (QED) is 0.402. The van der Waals surface area contributed by atoms with Crippen LogP contribution in [0.3, 0.4) is 0 Å².